The van der Waals surface area contributed by atoms with Crippen molar-refractivity contribution >= 4 is 15.7 Å². The molecule has 0 aliphatic heterocycles. The molecule has 0 radical (unpaired) electrons. The van der Waals surface area contributed by atoms with Gasteiger partial charge in [0, 0.05) is 40.4 Å². The third kappa shape index (κ3) is 6.39. The van der Waals surface area contributed by atoms with Crippen LogP contribution in [0.5, 0.6) is 11.5 Å². The first-order valence-corrected chi connectivity index (χ1v) is 11.6. The molecule has 9 heteroatoms. The topological polar surface area (TPSA) is 79.3 Å². The molecule has 0 amide bonds. The molecule has 0 heterocycles. The van der Waals surface area contributed by atoms with Crippen molar-refractivity contribution in [2.75, 3.05) is 45.8 Å². The second-order valence-corrected chi connectivity index (χ2v) is 9.40. The Morgan fingerprint density at radius 2 is 1.87 bits per heavy atom. The van der Waals surface area contributed by atoms with Gasteiger partial charge in [0.25, 0.3) is 0 Å². The summed E-state index contributed by atoms with van der Waals surface area (Å²) < 4.78 is 52.3. The third-order valence-corrected chi connectivity index (χ3v) is 6.56. The van der Waals surface area contributed by atoms with Crippen LogP contribution in [0.15, 0.2) is 41.3 Å². The lowest BCUT2D eigenvalue weighted by Crippen LogP contribution is -2.30. The zero-order valence-corrected chi connectivity index (χ0v) is 19.3. The van der Waals surface area contributed by atoms with Crippen LogP contribution in [-0.4, -0.2) is 58.7 Å². The molecule has 0 aromatic heterocycles. The zero-order valence-electron chi connectivity index (χ0n) is 18.5. The molecule has 0 saturated carbocycles. The van der Waals surface area contributed by atoms with Crippen molar-refractivity contribution in [1.82, 2.24) is 4.31 Å². The van der Waals surface area contributed by atoms with Gasteiger partial charge in [-0.3, -0.25) is 0 Å². The predicted octanol–water partition coefficient (Wildman–Crippen LogP) is 3.61. The van der Waals surface area contributed by atoms with E-state index in [9.17, 15) is 17.9 Å². The Morgan fingerprint density at radius 3 is 2.45 bits per heavy atom. The van der Waals surface area contributed by atoms with Crippen LogP contribution in [0.4, 0.5) is 10.1 Å². The first kappa shape index (κ1) is 25.1. The Kier molecular flexibility index (Phi) is 9.24. The van der Waals surface area contributed by atoms with Gasteiger partial charge in [0.15, 0.2) is 5.75 Å². The average Bonchev–Trinajstić information content (AvgIpc) is 2.74. The van der Waals surface area contributed by atoms with Crippen LogP contribution in [0.3, 0.4) is 0 Å². The summed E-state index contributed by atoms with van der Waals surface area (Å²) in [6, 6.07) is 8.63. The van der Waals surface area contributed by atoms with E-state index in [-0.39, 0.29) is 23.0 Å². The highest BCUT2D eigenvalue weighted by Gasteiger charge is 2.28. The van der Waals surface area contributed by atoms with Crippen molar-refractivity contribution in [2.45, 2.75) is 31.3 Å². The summed E-state index contributed by atoms with van der Waals surface area (Å²) in [5, 5.41) is 9.80. The summed E-state index contributed by atoms with van der Waals surface area (Å²) in [7, 11) is 0.516. The summed E-state index contributed by atoms with van der Waals surface area (Å²) in [5.74, 6) is -0.232. The van der Waals surface area contributed by atoms with Gasteiger partial charge in [0.2, 0.25) is 10.0 Å². The lowest BCUT2D eigenvalue weighted by molar-refractivity contribution is 0.205. The fraction of sp³-hybridized carbons (Fsp3) is 0.455. The minimum absolute atomic E-state index is 0.0868. The van der Waals surface area contributed by atoms with Crippen molar-refractivity contribution in [3.63, 3.8) is 0 Å². The van der Waals surface area contributed by atoms with Crippen molar-refractivity contribution in [1.29, 1.82) is 0 Å². The van der Waals surface area contributed by atoms with Crippen LogP contribution < -0.4 is 9.64 Å². The molecule has 0 atom stereocenters. The molecule has 0 bridgehead atoms. The van der Waals surface area contributed by atoms with Gasteiger partial charge in [0.1, 0.15) is 16.5 Å². The molecule has 172 valence electrons. The van der Waals surface area contributed by atoms with Crippen LogP contribution in [-0.2, 0) is 21.4 Å². The molecule has 7 nitrogen and oxygen atoms in total. The molecule has 0 fully saturated rings. The van der Waals surface area contributed by atoms with Gasteiger partial charge in [0.05, 0.1) is 18.9 Å². The number of nitrogens with zero attached hydrogens (tertiary/aromatic N) is 2. The van der Waals surface area contributed by atoms with Gasteiger partial charge in [-0.2, -0.15) is 0 Å². The summed E-state index contributed by atoms with van der Waals surface area (Å²) >= 11 is 0. The maximum atomic E-state index is 13.8. The molecule has 2 aromatic carbocycles. The Morgan fingerprint density at radius 1 is 1.13 bits per heavy atom. The molecule has 1 N–H and O–H groups in total. The quantitative estimate of drug-likeness (QED) is 0.528. The van der Waals surface area contributed by atoms with E-state index >= 15 is 0 Å². The molecule has 0 spiro atoms. The number of benzene rings is 2. The smallest absolute Gasteiger partial charge is 0.246 e. The number of unbranched alkanes of at least 4 members (excludes halogenated alkanes) is 1. The minimum atomic E-state index is -3.92. The van der Waals surface area contributed by atoms with E-state index < -0.39 is 15.8 Å². The number of anilines is 1. The van der Waals surface area contributed by atoms with Gasteiger partial charge in [-0.1, -0.05) is 19.4 Å². The number of hydrogen-bond acceptors (Lipinski definition) is 6. The number of aliphatic hydroxyl groups excluding tert-OH is 1. The van der Waals surface area contributed by atoms with Gasteiger partial charge in [-0.05, 0) is 36.2 Å². The van der Waals surface area contributed by atoms with E-state index in [0.717, 1.165) is 17.1 Å². The number of ether oxygens (including phenoxy) is 2. The molecule has 2 aromatic rings. The monoisotopic (exact) mass is 454 g/mol. The first-order valence-electron chi connectivity index (χ1n) is 10.1. The van der Waals surface area contributed by atoms with Gasteiger partial charge in [-0.15, -0.1) is 0 Å². The number of halogens is 1. The lowest BCUT2D eigenvalue weighted by Gasteiger charge is -2.29. The number of aliphatic hydroxyl groups is 1. The molecular weight excluding hydrogens is 423 g/mol. The normalized spacial score (nSPS) is 11.7. The van der Waals surface area contributed by atoms with Crippen LogP contribution in [0.2, 0.25) is 0 Å². The Labute approximate surface area is 184 Å². The molecule has 0 aliphatic rings. The van der Waals surface area contributed by atoms with Crippen LogP contribution in [0, 0.1) is 5.82 Å². The van der Waals surface area contributed by atoms with Crippen molar-refractivity contribution in [3.05, 3.63) is 47.8 Å². The number of hydrogen-bond donors (Lipinski definition) is 1. The summed E-state index contributed by atoms with van der Waals surface area (Å²) in [5.41, 5.74) is 0.933. The van der Waals surface area contributed by atoms with E-state index in [1.54, 1.807) is 19.2 Å². The first-order chi connectivity index (χ1) is 14.7. The fourth-order valence-corrected chi connectivity index (χ4v) is 4.09. The number of methoxy groups -OCH3 is 1. The predicted molar refractivity (Wildman–Crippen MR) is 119 cm³/mol. The van der Waals surface area contributed by atoms with Crippen molar-refractivity contribution in [2.24, 2.45) is 0 Å². The van der Waals surface area contributed by atoms with E-state index in [0.29, 0.717) is 30.9 Å². The zero-order chi connectivity index (χ0) is 23.0. The maximum Gasteiger partial charge on any atom is 0.246 e. The molecular formula is C22H31FN2O5S. The third-order valence-electron chi connectivity index (χ3n) is 4.74. The molecule has 0 unspecified atom stereocenters. The van der Waals surface area contributed by atoms with Gasteiger partial charge >= 0.3 is 0 Å². The van der Waals surface area contributed by atoms with Crippen LogP contribution in [0.25, 0.3) is 0 Å². The summed E-state index contributed by atoms with van der Waals surface area (Å²) in [6.45, 7) is 3.27. The van der Waals surface area contributed by atoms with E-state index in [1.165, 1.54) is 38.4 Å². The SMILES string of the molecule is CCCCN(CCOC)c1cc(CO)cc(S(=O)(=O)N(C)C)c1Oc1cccc(F)c1. The summed E-state index contributed by atoms with van der Waals surface area (Å²) in [6.07, 6.45) is 1.80. The highest BCUT2D eigenvalue weighted by atomic mass is 32.2. The lowest BCUT2D eigenvalue weighted by atomic mass is 10.1. The van der Waals surface area contributed by atoms with Crippen LogP contribution in [0.1, 0.15) is 25.3 Å². The number of rotatable bonds is 12. The number of sulfonamides is 1. The molecule has 31 heavy (non-hydrogen) atoms. The second-order valence-electron chi connectivity index (χ2n) is 7.28. The van der Waals surface area contributed by atoms with Crippen molar-refractivity contribution in [3.8, 4) is 11.5 Å². The standard InChI is InChI=1S/C22H31FN2O5S/c1-5-6-10-25(11-12-29-4)20-13-17(16-26)14-21(31(27,28)24(2)3)22(20)30-19-9-7-8-18(23)15-19/h7-9,13-15,26H,5-6,10-12,16H2,1-4H3. The molecule has 2 rings (SSSR count). The Hall–Kier alpha value is -2.20. The average molecular weight is 455 g/mol. The van der Waals surface area contributed by atoms with E-state index in [2.05, 4.69) is 6.92 Å². The highest BCUT2D eigenvalue weighted by Crippen LogP contribution is 2.40. The Bertz CT molecular complexity index is 958. The van der Waals surface area contributed by atoms with Gasteiger partial charge in [-0.25, -0.2) is 17.1 Å². The highest BCUT2D eigenvalue weighted by molar-refractivity contribution is 7.89. The maximum absolute atomic E-state index is 13.8. The summed E-state index contributed by atoms with van der Waals surface area (Å²) in [4.78, 5) is 1.87. The molecule has 0 saturated heterocycles. The minimum Gasteiger partial charge on any atom is -0.454 e. The molecule has 0 aliphatic carbocycles. The fourth-order valence-electron chi connectivity index (χ4n) is 3.01. The van der Waals surface area contributed by atoms with Gasteiger partial charge < -0.3 is 19.5 Å². The van der Waals surface area contributed by atoms with Crippen LogP contribution >= 0.6 is 0 Å². The Balaban J connectivity index is 2.75. The van der Waals surface area contributed by atoms with E-state index in [1.807, 2.05) is 4.90 Å². The van der Waals surface area contributed by atoms with Crippen molar-refractivity contribution < 1.29 is 27.4 Å². The largest absolute Gasteiger partial charge is 0.454 e. The van der Waals surface area contributed by atoms with E-state index in [4.69, 9.17) is 9.47 Å². The second kappa shape index (κ2) is 11.4.